The number of hydrogen-bond acceptors (Lipinski definition) is 3. The van der Waals surface area contributed by atoms with Crippen LogP contribution in [-0.2, 0) is 0 Å². The van der Waals surface area contributed by atoms with Crippen molar-refractivity contribution in [2.24, 2.45) is 4.99 Å². The summed E-state index contributed by atoms with van der Waals surface area (Å²) < 4.78 is 6.84. The third kappa shape index (κ3) is 1.60. The highest BCUT2D eigenvalue weighted by atomic mass is 79.9. The van der Waals surface area contributed by atoms with E-state index in [1.807, 2.05) is 36.5 Å². The first-order valence-corrected chi connectivity index (χ1v) is 6.04. The van der Waals surface area contributed by atoms with Gasteiger partial charge < -0.3 is 4.74 Å². The Morgan fingerprint density at radius 1 is 1.27 bits per heavy atom. The highest BCUT2D eigenvalue weighted by Gasteiger charge is 2.13. The average Bonchev–Trinajstić information content (AvgIpc) is 2.49. The number of nitrogens with zero attached hydrogens (tertiary/aromatic N) is 1. The molecule has 1 aromatic heterocycles. The second-order valence-electron chi connectivity index (χ2n) is 3.12. The van der Waals surface area contributed by atoms with Crippen LogP contribution in [-0.4, -0.2) is 6.21 Å². The molecule has 1 aromatic carbocycles. The molecule has 0 unspecified atom stereocenters. The highest BCUT2D eigenvalue weighted by molar-refractivity contribution is 9.11. The van der Waals surface area contributed by atoms with Gasteiger partial charge in [-0.1, -0.05) is 23.5 Å². The molecule has 0 N–H and O–H groups in total. The number of benzene rings is 1. The van der Waals surface area contributed by atoms with Gasteiger partial charge in [-0.2, -0.15) is 0 Å². The number of ether oxygens (including phenoxy) is 1. The van der Waals surface area contributed by atoms with Crippen LogP contribution in [0, 0.1) is 0 Å². The van der Waals surface area contributed by atoms with E-state index in [1.54, 1.807) is 11.3 Å². The Kier molecular flexibility index (Phi) is 2.11. The molecule has 2 nitrogen and oxygen atoms in total. The zero-order chi connectivity index (χ0) is 10.3. The van der Waals surface area contributed by atoms with Crippen molar-refractivity contribution in [3.8, 4) is 10.8 Å². The molecule has 15 heavy (non-hydrogen) atoms. The first-order valence-electron chi connectivity index (χ1n) is 4.43. The van der Waals surface area contributed by atoms with Crippen LogP contribution in [0.4, 0.5) is 5.69 Å². The summed E-state index contributed by atoms with van der Waals surface area (Å²) in [6, 6.07) is 9.78. The van der Waals surface area contributed by atoms with Gasteiger partial charge in [-0.25, -0.2) is 0 Å². The molecular weight excluding hydrogens is 274 g/mol. The molecule has 2 aromatic rings. The predicted molar refractivity (Wildman–Crippen MR) is 65.8 cm³/mol. The SMILES string of the molecule is Brc1cc2c(s1)Oc1ccccc1N=C2. The minimum Gasteiger partial charge on any atom is -0.444 e. The van der Waals surface area contributed by atoms with Crippen LogP contribution >= 0.6 is 27.3 Å². The minimum absolute atomic E-state index is 0.807. The molecule has 2 heterocycles. The van der Waals surface area contributed by atoms with Crippen molar-refractivity contribution in [2.75, 3.05) is 0 Å². The number of fused-ring (bicyclic) bond motifs is 2. The van der Waals surface area contributed by atoms with E-state index in [2.05, 4.69) is 20.9 Å². The number of para-hydroxylation sites is 2. The summed E-state index contributed by atoms with van der Waals surface area (Å²) in [5, 5.41) is 0.885. The van der Waals surface area contributed by atoms with Crippen molar-refractivity contribution in [1.82, 2.24) is 0 Å². The van der Waals surface area contributed by atoms with Gasteiger partial charge >= 0.3 is 0 Å². The topological polar surface area (TPSA) is 21.6 Å². The first kappa shape index (κ1) is 9.12. The molecule has 1 aliphatic heterocycles. The molecule has 0 bridgehead atoms. The maximum absolute atomic E-state index is 5.79. The molecule has 0 aliphatic carbocycles. The summed E-state index contributed by atoms with van der Waals surface area (Å²) in [6.07, 6.45) is 1.84. The van der Waals surface area contributed by atoms with Gasteiger partial charge in [-0.3, -0.25) is 4.99 Å². The van der Waals surface area contributed by atoms with E-state index in [4.69, 9.17) is 4.74 Å². The van der Waals surface area contributed by atoms with Crippen LogP contribution in [0.5, 0.6) is 10.8 Å². The fourth-order valence-corrected chi connectivity index (χ4v) is 2.83. The maximum atomic E-state index is 5.79. The Bertz CT molecular complexity index is 547. The van der Waals surface area contributed by atoms with E-state index in [1.165, 1.54) is 0 Å². The molecule has 0 radical (unpaired) electrons. The van der Waals surface area contributed by atoms with E-state index in [0.29, 0.717) is 0 Å². The van der Waals surface area contributed by atoms with Crippen LogP contribution in [0.2, 0.25) is 0 Å². The Labute approximate surface area is 99.4 Å². The zero-order valence-corrected chi connectivity index (χ0v) is 10.0. The van der Waals surface area contributed by atoms with E-state index in [9.17, 15) is 0 Å². The lowest BCUT2D eigenvalue weighted by atomic mass is 10.3. The quantitative estimate of drug-likeness (QED) is 0.599. The molecule has 0 amide bonds. The number of halogens is 1. The van der Waals surface area contributed by atoms with E-state index in [0.717, 1.165) is 25.8 Å². The molecule has 1 aliphatic rings. The van der Waals surface area contributed by atoms with Gasteiger partial charge in [-0.05, 0) is 34.1 Å². The Morgan fingerprint density at radius 3 is 3.07 bits per heavy atom. The van der Waals surface area contributed by atoms with Gasteiger partial charge in [0.2, 0.25) is 0 Å². The van der Waals surface area contributed by atoms with Crippen LogP contribution in [0.15, 0.2) is 39.1 Å². The van der Waals surface area contributed by atoms with Crippen molar-refractivity contribution in [3.63, 3.8) is 0 Å². The van der Waals surface area contributed by atoms with Gasteiger partial charge in [0.05, 0.1) is 3.79 Å². The summed E-state index contributed by atoms with van der Waals surface area (Å²) in [5.41, 5.74) is 1.89. The van der Waals surface area contributed by atoms with Crippen LogP contribution in [0.3, 0.4) is 0 Å². The summed E-state index contributed by atoms with van der Waals surface area (Å²) in [5.74, 6) is 0.807. The molecule has 0 saturated carbocycles. The van der Waals surface area contributed by atoms with Gasteiger partial charge in [0, 0.05) is 11.8 Å². The molecule has 3 rings (SSSR count). The van der Waals surface area contributed by atoms with Gasteiger partial charge in [0.1, 0.15) is 5.69 Å². The number of hydrogen-bond donors (Lipinski definition) is 0. The second kappa shape index (κ2) is 3.47. The van der Waals surface area contributed by atoms with Crippen molar-refractivity contribution in [1.29, 1.82) is 0 Å². The lowest BCUT2D eigenvalue weighted by Crippen LogP contribution is -1.81. The molecule has 4 heteroatoms. The van der Waals surface area contributed by atoms with E-state index in [-0.39, 0.29) is 0 Å². The Morgan fingerprint density at radius 2 is 2.13 bits per heavy atom. The molecular formula is C11H6BrNOS. The molecule has 0 saturated heterocycles. The van der Waals surface area contributed by atoms with E-state index >= 15 is 0 Å². The average molecular weight is 280 g/mol. The molecule has 0 spiro atoms. The Balaban J connectivity index is 2.17. The molecule has 0 fully saturated rings. The van der Waals surface area contributed by atoms with Gasteiger partial charge in [0.15, 0.2) is 10.8 Å². The maximum Gasteiger partial charge on any atom is 0.190 e. The Hall–Kier alpha value is -1.13. The van der Waals surface area contributed by atoms with Crippen molar-refractivity contribution in [2.45, 2.75) is 0 Å². The monoisotopic (exact) mass is 279 g/mol. The molecule has 0 atom stereocenters. The van der Waals surface area contributed by atoms with E-state index < -0.39 is 0 Å². The normalized spacial score (nSPS) is 12.6. The lowest BCUT2D eigenvalue weighted by molar-refractivity contribution is 0.499. The van der Waals surface area contributed by atoms with Crippen molar-refractivity contribution < 1.29 is 4.74 Å². The molecule has 74 valence electrons. The fraction of sp³-hybridized carbons (Fsp3) is 0. The fourth-order valence-electron chi connectivity index (χ4n) is 1.42. The summed E-state index contributed by atoms with van der Waals surface area (Å²) in [4.78, 5) is 4.38. The summed E-state index contributed by atoms with van der Waals surface area (Å²) in [7, 11) is 0. The number of thiophene rings is 1. The summed E-state index contributed by atoms with van der Waals surface area (Å²) >= 11 is 5.00. The number of aliphatic imine (C=N–C) groups is 1. The van der Waals surface area contributed by atoms with Crippen molar-refractivity contribution in [3.05, 3.63) is 39.7 Å². The first-order chi connectivity index (χ1) is 7.33. The van der Waals surface area contributed by atoms with Gasteiger partial charge in [-0.15, -0.1) is 0 Å². The second-order valence-corrected chi connectivity index (χ2v) is 5.52. The summed E-state index contributed by atoms with van der Waals surface area (Å²) in [6.45, 7) is 0. The minimum atomic E-state index is 0.807. The zero-order valence-electron chi connectivity index (χ0n) is 7.61. The van der Waals surface area contributed by atoms with Gasteiger partial charge in [0.25, 0.3) is 0 Å². The van der Waals surface area contributed by atoms with Crippen LogP contribution in [0.1, 0.15) is 5.56 Å². The number of rotatable bonds is 0. The van der Waals surface area contributed by atoms with Crippen molar-refractivity contribution >= 4 is 39.2 Å². The predicted octanol–water partition coefficient (Wildman–Crippen LogP) is 4.37. The van der Waals surface area contributed by atoms with Crippen LogP contribution < -0.4 is 4.74 Å². The largest absolute Gasteiger partial charge is 0.444 e. The lowest BCUT2D eigenvalue weighted by Gasteiger charge is -2.03. The third-order valence-electron chi connectivity index (χ3n) is 2.11. The third-order valence-corrected chi connectivity index (χ3v) is 3.64. The van der Waals surface area contributed by atoms with Crippen LogP contribution in [0.25, 0.3) is 0 Å². The standard InChI is InChI=1S/C11H6BrNOS/c12-10-5-7-6-13-8-3-1-2-4-9(8)14-11(7)15-10/h1-6H. The highest BCUT2D eigenvalue weighted by Crippen LogP contribution is 2.41. The smallest absolute Gasteiger partial charge is 0.190 e.